The summed E-state index contributed by atoms with van der Waals surface area (Å²) in [4.78, 5) is 4.88. The van der Waals surface area contributed by atoms with Crippen molar-refractivity contribution >= 4 is 5.65 Å². The van der Waals surface area contributed by atoms with Crippen LogP contribution in [0.3, 0.4) is 0 Å². The van der Waals surface area contributed by atoms with Gasteiger partial charge in [-0.25, -0.2) is 4.98 Å². The van der Waals surface area contributed by atoms with E-state index in [1.807, 2.05) is 37.3 Å². The third-order valence-corrected chi connectivity index (χ3v) is 4.14. The molecular weight excluding hydrogens is 286 g/mol. The van der Waals surface area contributed by atoms with Gasteiger partial charge >= 0.3 is 0 Å². The Morgan fingerprint density at radius 1 is 1.17 bits per heavy atom. The molecule has 0 amide bonds. The van der Waals surface area contributed by atoms with Crippen molar-refractivity contribution in [2.75, 3.05) is 13.2 Å². The Labute approximate surface area is 136 Å². The van der Waals surface area contributed by atoms with Crippen molar-refractivity contribution < 1.29 is 4.74 Å². The number of hydrogen-bond acceptors (Lipinski definition) is 3. The number of nitrogens with two attached hydrogens (primary N) is 1. The first-order valence-electron chi connectivity index (χ1n) is 8.07. The quantitative estimate of drug-likeness (QED) is 0.780. The topological polar surface area (TPSA) is 52.5 Å². The molecule has 0 aliphatic rings. The second-order valence-electron chi connectivity index (χ2n) is 5.77. The smallest absolute Gasteiger partial charge is 0.137 e. The first-order valence-corrected chi connectivity index (χ1v) is 8.07. The lowest BCUT2D eigenvalue weighted by molar-refractivity contribution is 0.341. The maximum atomic E-state index is 5.98. The molecule has 2 aromatic heterocycles. The van der Waals surface area contributed by atoms with E-state index in [2.05, 4.69) is 30.4 Å². The Hall–Kier alpha value is -2.33. The van der Waals surface area contributed by atoms with Crippen LogP contribution < -0.4 is 10.5 Å². The molecule has 0 fully saturated rings. The summed E-state index contributed by atoms with van der Waals surface area (Å²) in [5.41, 5.74) is 11.2. The minimum Gasteiger partial charge on any atom is -0.493 e. The number of rotatable bonds is 5. The second-order valence-corrected chi connectivity index (χ2v) is 5.77. The van der Waals surface area contributed by atoms with Gasteiger partial charge in [0, 0.05) is 23.7 Å². The van der Waals surface area contributed by atoms with Crippen LogP contribution in [0, 0.1) is 6.92 Å². The SMILES string of the molecule is CCOc1ccccc1-c1nc2cccc(C)n2c1C(C)CN. The number of aromatic nitrogens is 2. The van der Waals surface area contributed by atoms with Gasteiger partial charge in [0.25, 0.3) is 0 Å². The van der Waals surface area contributed by atoms with E-state index in [0.717, 1.165) is 34.0 Å². The number of nitrogens with zero attached hydrogens (tertiary/aromatic N) is 2. The standard InChI is InChI=1S/C19H23N3O/c1-4-23-16-10-6-5-9-15(16)18-19(13(2)12-20)22-14(3)8-7-11-17(22)21-18/h5-11,13H,4,12,20H2,1-3H3. The first kappa shape index (κ1) is 15.6. The molecule has 1 unspecified atom stereocenters. The van der Waals surface area contributed by atoms with E-state index >= 15 is 0 Å². The molecule has 2 N–H and O–H groups in total. The van der Waals surface area contributed by atoms with Gasteiger partial charge in [-0.1, -0.05) is 25.1 Å². The third-order valence-electron chi connectivity index (χ3n) is 4.14. The fourth-order valence-corrected chi connectivity index (χ4v) is 2.99. The van der Waals surface area contributed by atoms with Crippen molar-refractivity contribution in [3.8, 4) is 17.0 Å². The molecule has 3 rings (SSSR count). The molecule has 0 saturated carbocycles. The van der Waals surface area contributed by atoms with Crippen molar-refractivity contribution in [2.24, 2.45) is 5.73 Å². The molecule has 0 aliphatic carbocycles. The summed E-state index contributed by atoms with van der Waals surface area (Å²) in [6.07, 6.45) is 0. The van der Waals surface area contributed by atoms with E-state index < -0.39 is 0 Å². The lowest BCUT2D eigenvalue weighted by Gasteiger charge is -2.15. The van der Waals surface area contributed by atoms with Crippen molar-refractivity contribution in [3.05, 3.63) is 53.9 Å². The zero-order valence-electron chi connectivity index (χ0n) is 13.9. The molecule has 23 heavy (non-hydrogen) atoms. The molecule has 2 heterocycles. The first-order chi connectivity index (χ1) is 11.2. The average molecular weight is 309 g/mol. The summed E-state index contributed by atoms with van der Waals surface area (Å²) in [5.74, 6) is 1.07. The lowest BCUT2D eigenvalue weighted by Crippen LogP contribution is -2.13. The average Bonchev–Trinajstić information content (AvgIpc) is 2.95. The Morgan fingerprint density at radius 2 is 1.96 bits per heavy atom. The summed E-state index contributed by atoms with van der Waals surface area (Å²) < 4.78 is 8.01. The fraction of sp³-hybridized carbons (Fsp3) is 0.316. The molecule has 0 bridgehead atoms. The maximum Gasteiger partial charge on any atom is 0.137 e. The number of benzene rings is 1. The highest BCUT2D eigenvalue weighted by molar-refractivity contribution is 5.73. The van der Waals surface area contributed by atoms with E-state index in [1.165, 1.54) is 0 Å². The summed E-state index contributed by atoms with van der Waals surface area (Å²) in [6.45, 7) is 7.44. The molecule has 4 heteroatoms. The molecular formula is C19H23N3O. The van der Waals surface area contributed by atoms with Gasteiger partial charge < -0.3 is 14.9 Å². The fourth-order valence-electron chi connectivity index (χ4n) is 2.99. The largest absolute Gasteiger partial charge is 0.493 e. The molecule has 0 saturated heterocycles. The van der Waals surface area contributed by atoms with Crippen LogP contribution in [0.1, 0.15) is 31.2 Å². The number of aryl methyl sites for hydroxylation is 1. The van der Waals surface area contributed by atoms with Crippen LogP contribution in [-0.2, 0) is 0 Å². The Bertz CT molecular complexity index is 823. The number of para-hydroxylation sites is 1. The predicted octanol–water partition coefficient (Wildman–Crippen LogP) is 3.77. The van der Waals surface area contributed by atoms with Gasteiger partial charge in [-0.05, 0) is 38.1 Å². The number of imidazole rings is 1. The summed E-state index contributed by atoms with van der Waals surface area (Å²) >= 11 is 0. The Morgan fingerprint density at radius 3 is 2.70 bits per heavy atom. The summed E-state index contributed by atoms with van der Waals surface area (Å²) in [5, 5.41) is 0. The van der Waals surface area contributed by atoms with Crippen molar-refractivity contribution in [1.29, 1.82) is 0 Å². The van der Waals surface area contributed by atoms with Gasteiger partial charge in [0.05, 0.1) is 18.0 Å². The molecule has 4 nitrogen and oxygen atoms in total. The van der Waals surface area contributed by atoms with Gasteiger partial charge in [0.15, 0.2) is 0 Å². The highest BCUT2D eigenvalue weighted by atomic mass is 16.5. The maximum absolute atomic E-state index is 5.98. The van der Waals surface area contributed by atoms with E-state index in [-0.39, 0.29) is 5.92 Å². The van der Waals surface area contributed by atoms with Gasteiger partial charge in [0.2, 0.25) is 0 Å². The highest BCUT2D eigenvalue weighted by Crippen LogP contribution is 2.35. The molecule has 0 radical (unpaired) electrons. The van der Waals surface area contributed by atoms with Gasteiger partial charge in [0.1, 0.15) is 11.4 Å². The van der Waals surface area contributed by atoms with Crippen LogP contribution in [0.15, 0.2) is 42.5 Å². The van der Waals surface area contributed by atoms with Crippen LogP contribution in [-0.4, -0.2) is 22.5 Å². The van der Waals surface area contributed by atoms with Crippen molar-refractivity contribution in [1.82, 2.24) is 9.38 Å². The number of ether oxygens (including phenoxy) is 1. The van der Waals surface area contributed by atoms with Crippen LogP contribution >= 0.6 is 0 Å². The van der Waals surface area contributed by atoms with Gasteiger partial charge in [-0.2, -0.15) is 0 Å². The molecule has 1 atom stereocenters. The zero-order chi connectivity index (χ0) is 16.4. The minimum absolute atomic E-state index is 0.204. The number of pyridine rings is 1. The van der Waals surface area contributed by atoms with Crippen LogP contribution in [0.25, 0.3) is 16.9 Å². The summed E-state index contributed by atoms with van der Waals surface area (Å²) in [6, 6.07) is 14.2. The molecule has 0 aliphatic heterocycles. The van der Waals surface area contributed by atoms with Crippen LogP contribution in [0.4, 0.5) is 0 Å². The van der Waals surface area contributed by atoms with E-state index in [0.29, 0.717) is 13.2 Å². The predicted molar refractivity (Wildman–Crippen MR) is 94.0 cm³/mol. The van der Waals surface area contributed by atoms with Crippen LogP contribution in [0.5, 0.6) is 5.75 Å². The van der Waals surface area contributed by atoms with E-state index in [1.54, 1.807) is 0 Å². The van der Waals surface area contributed by atoms with Crippen molar-refractivity contribution in [3.63, 3.8) is 0 Å². The molecule has 0 spiro atoms. The van der Waals surface area contributed by atoms with Crippen LogP contribution in [0.2, 0.25) is 0 Å². The van der Waals surface area contributed by atoms with Crippen molar-refractivity contribution in [2.45, 2.75) is 26.7 Å². The summed E-state index contributed by atoms with van der Waals surface area (Å²) in [7, 11) is 0. The van der Waals surface area contributed by atoms with Gasteiger partial charge in [-0.3, -0.25) is 0 Å². The van der Waals surface area contributed by atoms with E-state index in [9.17, 15) is 0 Å². The monoisotopic (exact) mass is 309 g/mol. The second kappa shape index (κ2) is 6.42. The number of hydrogen-bond donors (Lipinski definition) is 1. The molecule has 120 valence electrons. The lowest BCUT2D eigenvalue weighted by atomic mass is 10.0. The van der Waals surface area contributed by atoms with Gasteiger partial charge in [-0.15, -0.1) is 0 Å². The highest BCUT2D eigenvalue weighted by Gasteiger charge is 2.21. The number of fused-ring (bicyclic) bond motifs is 1. The normalized spacial score (nSPS) is 12.5. The van der Waals surface area contributed by atoms with E-state index in [4.69, 9.17) is 15.5 Å². The third kappa shape index (κ3) is 2.70. The Balaban J connectivity index is 2.32. The Kier molecular flexibility index (Phi) is 4.35. The molecule has 1 aromatic carbocycles. The molecule has 3 aromatic rings. The zero-order valence-corrected chi connectivity index (χ0v) is 13.9. The minimum atomic E-state index is 0.204.